The second-order valence-corrected chi connectivity index (χ2v) is 4.94. The van der Waals surface area contributed by atoms with Crippen LogP contribution < -0.4 is 0 Å². The van der Waals surface area contributed by atoms with Gasteiger partial charge >= 0.3 is 11.4 Å². The third kappa shape index (κ3) is 5.22. The van der Waals surface area contributed by atoms with Gasteiger partial charge in [-0.05, 0) is 11.1 Å². The minimum Gasteiger partial charge on any atom is -0.458 e. The quantitative estimate of drug-likeness (QED) is 0.601. The fourth-order valence-corrected chi connectivity index (χ4v) is 2.04. The van der Waals surface area contributed by atoms with E-state index in [-0.39, 0.29) is 13.0 Å². The Bertz CT molecular complexity index is 613. The minimum atomic E-state index is -1.06. The van der Waals surface area contributed by atoms with E-state index in [1.807, 2.05) is 60.7 Å². The Morgan fingerprint density at radius 2 is 1.45 bits per heavy atom. The van der Waals surface area contributed by atoms with Crippen molar-refractivity contribution in [2.24, 2.45) is 0 Å². The SMILES string of the molecule is O=C(Cl)O[C@@H](Cc1ccccc1)C(=O)OCc1ccccc1. The van der Waals surface area contributed by atoms with E-state index in [9.17, 15) is 9.59 Å². The van der Waals surface area contributed by atoms with Crippen molar-refractivity contribution >= 4 is 23.0 Å². The molecule has 0 bridgehead atoms. The summed E-state index contributed by atoms with van der Waals surface area (Å²) in [5.74, 6) is -0.623. The van der Waals surface area contributed by atoms with Gasteiger partial charge in [-0.25, -0.2) is 9.59 Å². The van der Waals surface area contributed by atoms with Gasteiger partial charge in [0.2, 0.25) is 6.10 Å². The summed E-state index contributed by atoms with van der Waals surface area (Å²) < 4.78 is 10.0. The second-order valence-electron chi connectivity index (χ2n) is 4.63. The molecule has 0 saturated carbocycles. The average Bonchev–Trinajstić information content (AvgIpc) is 2.53. The smallest absolute Gasteiger partial charge is 0.404 e. The van der Waals surface area contributed by atoms with E-state index >= 15 is 0 Å². The molecule has 0 spiro atoms. The van der Waals surface area contributed by atoms with Gasteiger partial charge in [0.1, 0.15) is 6.61 Å². The zero-order valence-electron chi connectivity index (χ0n) is 11.8. The molecule has 0 amide bonds. The summed E-state index contributed by atoms with van der Waals surface area (Å²) >= 11 is 5.23. The molecule has 2 aromatic carbocycles. The van der Waals surface area contributed by atoms with Crippen LogP contribution in [0, 0.1) is 0 Å². The standard InChI is InChI=1S/C17H15ClO4/c18-17(20)22-15(11-13-7-3-1-4-8-13)16(19)21-12-14-9-5-2-6-10-14/h1-10,15H,11-12H2/t15-/m0/s1. The molecule has 1 atom stereocenters. The van der Waals surface area contributed by atoms with Crippen LogP contribution in [0.3, 0.4) is 0 Å². The molecule has 0 aliphatic rings. The first-order valence-corrected chi connectivity index (χ1v) is 7.13. The number of carbonyl (C=O) groups excluding carboxylic acids is 2. The molecule has 114 valence electrons. The maximum absolute atomic E-state index is 12.1. The topological polar surface area (TPSA) is 52.6 Å². The number of carbonyl (C=O) groups is 2. The van der Waals surface area contributed by atoms with Gasteiger partial charge in [-0.15, -0.1) is 0 Å². The first kappa shape index (κ1) is 16.0. The molecule has 0 fully saturated rings. The van der Waals surface area contributed by atoms with Gasteiger partial charge in [0.05, 0.1) is 0 Å². The van der Waals surface area contributed by atoms with Crippen molar-refractivity contribution in [1.82, 2.24) is 0 Å². The van der Waals surface area contributed by atoms with Gasteiger partial charge in [0, 0.05) is 18.0 Å². The highest BCUT2D eigenvalue weighted by Gasteiger charge is 2.24. The number of ether oxygens (including phenoxy) is 2. The van der Waals surface area contributed by atoms with Crippen LogP contribution in [0.1, 0.15) is 11.1 Å². The predicted octanol–water partition coefficient (Wildman–Crippen LogP) is 3.72. The first-order valence-electron chi connectivity index (χ1n) is 6.76. The lowest BCUT2D eigenvalue weighted by atomic mass is 10.1. The van der Waals surface area contributed by atoms with Crippen molar-refractivity contribution < 1.29 is 19.1 Å². The van der Waals surface area contributed by atoms with Gasteiger partial charge in [-0.2, -0.15) is 0 Å². The Balaban J connectivity index is 1.98. The molecule has 4 nitrogen and oxygen atoms in total. The largest absolute Gasteiger partial charge is 0.458 e. The monoisotopic (exact) mass is 318 g/mol. The molecule has 0 aliphatic heterocycles. The molecule has 0 heterocycles. The van der Waals surface area contributed by atoms with Gasteiger partial charge in [0.15, 0.2) is 0 Å². The highest BCUT2D eigenvalue weighted by molar-refractivity contribution is 6.61. The number of halogens is 1. The Morgan fingerprint density at radius 1 is 0.909 bits per heavy atom. The number of hydrogen-bond acceptors (Lipinski definition) is 4. The van der Waals surface area contributed by atoms with E-state index in [4.69, 9.17) is 21.1 Å². The molecule has 0 saturated heterocycles. The van der Waals surface area contributed by atoms with E-state index in [2.05, 4.69) is 0 Å². The number of rotatable bonds is 6. The second kappa shape index (κ2) is 8.20. The van der Waals surface area contributed by atoms with E-state index < -0.39 is 17.5 Å². The van der Waals surface area contributed by atoms with Crippen LogP contribution in [0.4, 0.5) is 4.79 Å². The van der Waals surface area contributed by atoms with Crippen LogP contribution in [0.5, 0.6) is 0 Å². The molecular weight excluding hydrogens is 304 g/mol. The summed E-state index contributed by atoms with van der Waals surface area (Å²) in [6, 6.07) is 18.5. The molecule has 0 N–H and O–H groups in total. The van der Waals surface area contributed by atoms with Crippen LogP contribution in [0.25, 0.3) is 0 Å². The Kier molecular flexibility index (Phi) is 5.98. The maximum Gasteiger partial charge on any atom is 0.404 e. The van der Waals surface area contributed by atoms with Gasteiger partial charge in [-0.1, -0.05) is 60.7 Å². The Hall–Kier alpha value is -2.33. The fourth-order valence-electron chi connectivity index (χ4n) is 1.93. The van der Waals surface area contributed by atoms with Crippen molar-refractivity contribution in [3.8, 4) is 0 Å². The van der Waals surface area contributed by atoms with Crippen molar-refractivity contribution in [3.05, 3.63) is 71.8 Å². The van der Waals surface area contributed by atoms with Crippen LogP contribution >= 0.6 is 11.6 Å². The summed E-state index contributed by atoms with van der Waals surface area (Å²) in [6.45, 7) is 0.116. The third-order valence-corrected chi connectivity index (χ3v) is 3.07. The summed E-state index contributed by atoms with van der Waals surface area (Å²) in [5.41, 5.74) is 0.672. The summed E-state index contributed by atoms with van der Waals surface area (Å²) in [6.07, 6.45) is -0.844. The lowest BCUT2D eigenvalue weighted by molar-refractivity contribution is -0.154. The molecule has 0 radical (unpaired) electrons. The van der Waals surface area contributed by atoms with Gasteiger partial charge < -0.3 is 9.47 Å². The van der Waals surface area contributed by atoms with E-state index in [1.165, 1.54) is 0 Å². The Morgan fingerprint density at radius 3 is 2.00 bits per heavy atom. The van der Waals surface area contributed by atoms with E-state index in [0.717, 1.165) is 11.1 Å². The lowest BCUT2D eigenvalue weighted by Crippen LogP contribution is -2.29. The van der Waals surface area contributed by atoms with Gasteiger partial charge in [0.25, 0.3) is 0 Å². The minimum absolute atomic E-state index is 0.116. The number of esters is 1. The molecule has 22 heavy (non-hydrogen) atoms. The van der Waals surface area contributed by atoms with Crippen molar-refractivity contribution in [1.29, 1.82) is 0 Å². The zero-order chi connectivity index (χ0) is 15.8. The summed E-state index contributed by atoms with van der Waals surface area (Å²) in [4.78, 5) is 23.1. The summed E-state index contributed by atoms with van der Waals surface area (Å²) in [7, 11) is 0. The third-order valence-electron chi connectivity index (χ3n) is 2.99. The van der Waals surface area contributed by atoms with Crippen LogP contribution in [-0.2, 0) is 27.3 Å². The van der Waals surface area contributed by atoms with Crippen LogP contribution in [-0.4, -0.2) is 17.5 Å². The summed E-state index contributed by atoms with van der Waals surface area (Å²) in [5, 5.41) is 0. The van der Waals surface area contributed by atoms with Gasteiger partial charge in [-0.3, -0.25) is 0 Å². The van der Waals surface area contributed by atoms with E-state index in [1.54, 1.807) is 0 Å². The molecule has 0 aliphatic carbocycles. The molecule has 2 rings (SSSR count). The highest BCUT2D eigenvalue weighted by atomic mass is 35.5. The first-order chi connectivity index (χ1) is 10.6. The Labute approximate surface area is 133 Å². The number of benzene rings is 2. The van der Waals surface area contributed by atoms with Crippen LogP contribution in [0.15, 0.2) is 60.7 Å². The predicted molar refractivity (Wildman–Crippen MR) is 82.5 cm³/mol. The maximum atomic E-state index is 12.1. The van der Waals surface area contributed by atoms with E-state index in [0.29, 0.717) is 0 Å². The lowest BCUT2D eigenvalue weighted by Gasteiger charge is -2.15. The molecule has 0 unspecified atom stereocenters. The van der Waals surface area contributed by atoms with Crippen molar-refractivity contribution in [3.63, 3.8) is 0 Å². The molecule has 5 heteroatoms. The average molecular weight is 319 g/mol. The molecule has 2 aromatic rings. The molecule has 0 aromatic heterocycles. The fraction of sp³-hybridized carbons (Fsp3) is 0.176. The van der Waals surface area contributed by atoms with Crippen molar-refractivity contribution in [2.75, 3.05) is 0 Å². The van der Waals surface area contributed by atoms with Crippen LogP contribution in [0.2, 0.25) is 0 Å². The molecular formula is C17H15ClO4. The number of hydrogen-bond donors (Lipinski definition) is 0. The van der Waals surface area contributed by atoms with Crippen molar-refractivity contribution in [2.45, 2.75) is 19.1 Å². The normalized spacial score (nSPS) is 11.5. The highest BCUT2D eigenvalue weighted by Crippen LogP contribution is 2.11. The zero-order valence-corrected chi connectivity index (χ0v) is 12.5.